The van der Waals surface area contributed by atoms with Crippen LogP contribution in [0, 0.1) is 11.6 Å². The van der Waals surface area contributed by atoms with E-state index >= 15 is 0 Å². The smallest absolute Gasteiger partial charge is 0.261 e. The van der Waals surface area contributed by atoms with Crippen LogP contribution in [0.25, 0.3) is 0 Å². The van der Waals surface area contributed by atoms with Crippen LogP contribution in [0.1, 0.15) is 28.8 Å². The Morgan fingerprint density at radius 1 is 1.03 bits per heavy atom. The van der Waals surface area contributed by atoms with Crippen molar-refractivity contribution < 1.29 is 31.6 Å². The molecule has 11 heteroatoms. The first-order chi connectivity index (χ1) is 14.2. The number of benzene rings is 2. The summed E-state index contributed by atoms with van der Waals surface area (Å²) in [6.45, 7) is 0.0706. The van der Waals surface area contributed by atoms with E-state index < -0.39 is 50.3 Å². The number of nitrogens with zero attached hydrogens (tertiary/aromatic N) is 1. The number of sulfonamides is 1. The van der Waals surface area contributed by atoms with E-state index in [1.54, 1.807) is 0 Å². The van der Waals surface area contributed by atoms with Gasteiger partial charge in [0.2, 0.25) is 11.8 Å². The molecular formula is C19H15F2N3O5S. The van der Waals surface area contributed by atoms with E-state index in [0.29, 0.717) is 23.3 Å². The van der Waals surface area contributed by atoms with E-state index in [1.165, 1.54) is 23.1 Å². The van der Waals surface area contributed by atoms with E-state index in [-0.39, 0.29) is 25.1 Å². The van der Waals surface area contributed by atoms with E-state index in [0.717, 1.165) is 6.07 Å². The zero-order valence-corrected chi connectivity index (χ0v) is 16.1. The Hall–Kier alpha value is -3.34. The molecule has 2 aliphatic rings. The minimum Gasteiger partial charge on any atom is -0.322 e. The van der Waals surface area contributed by atoms with Gasteiger partial charge in [0.1, 0.15) is 6.04 Å². The molecule has 0 aliphatic carbocycles. The van der Waals surface area contributed by atoms with Gasteiger partial charge in [-0.15, -0.1) is 0 Å². The molecule has 0 aromatic heterocycles. The Morgan fingerprint density at radius 3 is 2.50 bits per heavy atom. The van der Waals surface area contributed by atoms with E-state index in [9.17, 15) is 31.6 Å². The molecule has 0 saturated carbocycles. The summed E-state index contributed by atoms with van der Waals surface area (Å²) >= 11 is 0. The molecule has 8 nitrogen and oxygen atoms in total. The van der Waals surface area contributed by atoms with E-state index in [4.69, 9.17) is 0 Å². The second-order valence-electron chi connectivity index (χ2n) is 6.95. The number of imide groups is 1. The van der Waals surface area contributed by atoms with Crippen molar-refractivity contribution in [1.29, 1.82) is 0 Å². The zero-order chi connectivity index (χ0) is 21.6. The fourth-order valence-corrected chi connectivity index (χ4v) is 4.56. The Kier molecular flexibility index (Phi) is 4.77. The summed E-state index contributed by atoms with van der Waals surface area (Å²) < 4.78 is 53.6. The molecule has 2 aliphatic heterocycles. The Bertz CT molecular complexity index is 1200. The van der Waals surface area contributed by atoms with Crippen LogP contribution in [0.15, 0.2) is 41.3 Å². The highest BCUT2D eigenvalue weighted by Gasteiger charge is 2.39. The first-order valence-corrected chi connectivity index (χ1v) is 10.4. The quantitative estimate of drug-likeness (QED) is 0.708. The molecule has 156 valence electrons. The third-order valence-electron chi connectivity index (χ3n) is 4.98. The van der Waals surface area contributed by atoms with Gasteiger partial charge in [-0.25, -0.2) is 17.2 Å². The lowest BCUT2D eigenvalue weighted by molar-refractivity contribution is -0.136. The van der Waals surface area contributed by atoms with Crippen LogP contribution in [0.4, 0.5) is 14.5 Å². The maximum atomic E-state index is 13.4. The van der Waals surface area contributed by atoms with Crippen LogP contribution in [0.3, 0.4) is 0 Å². The summed E-state index contributed by atoms with van der Waals surface area (Å²) in [5.41, 5.74) is 0.932. The SMILES string of the molecule is O=C1CCC(N2Cc3cc(NS(=O)(=O)c4ccc(F)c(F)c4)ccc3C2=O)C(=O)N1. The Morgan fingerprint density at radius 2 is 1.80 bits per heavy atom. The van der Waals surface area contributed by atoms with Crippen LogP contribution in [0.2, 0.25) is 0 Å². The molecular weight excluding hydrogens is 420 g/mol. The van der Waals surface area contributed by atoms with Gasteiger partial charge in [-0.05, 0) is 48.4 Å². The minimum atomic E-state index is -4.19. The van der Waals surface area contributed by atoms with Crippen molar-refractivity contribution in [2.24, 2.45) is 0 Å². The van der Waals surface area contributed by atoms with E-state index in [1.807, 2.05) is 0 Å². The standard InChI is InChI=1S/C19H15F2N3O5S/c20-14-4-2-12(8-15(14)21)30(28,29)23-11-1-3-13-10(7-11)9-24(19(13)27)16-5-6-17(25)22-18(16)26/h1-4,7-8,16,23H,5-6,9H2,(H,22,25,26). The van der Waals surface area contributed by atoms with Gasteiger partial charge in [0, 0.05) is 24.2 Å². The maximum absolute atomic E-state index is 13.4. The van der Waals surface area contributed by atoms with Gasteiger partial charge in [-0.2, -0.15) is 0 Å². The number of piperidine rings is 1. The van der Waals surface area contributed by atoms with Gasteiger partial charge in [-0.3, -0.25) is 24.4 Å². The van der Waals surface area contributed by atoms with Gasteiger partial charge in [0.15, 0.2) is 11.6 Å². The first kappa shape index (κ1) is 20.0. The predicted molar refractivity (Wildman–Crippen MR) is 99.7 cm³/mol. The lowest BCUT2D eigenvalue weighted by Crippen LogP contribution is -2.52. The second-order valence-corrected chi connectivity index (χ2v) is 8.64. The molecule has 1 saturated heterocycles. The molecule has 0 radical (unpaired) electrons. The molecule has 30 heavy (non-hydrogen) atoms. The van der Waals surface area contributed by atoms with Crippen molar-refractivity contribution in [1.82, 2.24) is 10.2 Å². The van der Waals surface area contributed by atoms with Crippen molar-refractivity contribution in [3.8, 4) is 0 Å². The number of hydrogen-bond donors (Lipinski definition) is 2. The monoisotopic (exact) mass is 435 g/mol. The lowest BCUT2D eigenvalue weighted by atomic mass is 10.0. The lowest BCUT2D eigenvalue weighted by Gasteiger charge is -2.29. The maximum Gasteiger partial charge on any atom is 0.261 e. The van der Waals surface area contributed by atoms with Gasteiger partial charge < -0.3 is 4.90 Å². The predicted octanol–water partition coefficient (Wildman–Crippen LogP) is 1.53. The Balaban J connectivity index is 1.56. The number of amides is 3. The summed E-state index contributed by atoms with van der Waals surface area (Å²) in [4.78, 5) is 36.9. The average Bonchev–Trinajstić information content (AvgIpc) is 2.99. The fraction of sp³-hybridized carbons (Fsp3) is 0.211. The second kappa shape index (κ2) is 7.17. The number of carbonyl (C=O) groups is 3. The Labute approximate surface area is 169 Å². The highest BCUT2D eigenvalue weighted by molar-refractivity contribution is 7.92. The van der Waals surface area contributed by atoms with Crippen LogP contribution in [-0.4, -0.2) is 37.1 Å². The number of carbonyl (C=O) groups excluding carboxylic acids is 3. The summed E-state index contributed by atoms with van der Waals surface area (Å²) in [6.07, 6.45) is 0.329. The highest BCUT2D eigenvalue weighted by Crippen LogP contribution is 2.30. The molecule has 4 rings (SSSR count). The van der Waals surface area contributed by atoms with E-state index in [2.05, 4.69) is 10.0 Å². The van der Waals surface area contributed by atoms with Crippen LogP contribution in [-0.2, 0) is 26.2 Å². The normalized spacial score (nSPS) is 18.9. The number of halogens is 2. The van der Waals surface area contributed by atoms with Crippen molar-refractivity contribution >= 4 is 33.4 Å². The number of rotatable bonds is 4. The highest BCUT2D eigenvalue weighted by atomic mass is 32.2. The van der Waals surface area contributed by atoms with Gasteiger partial charge in [0.25, 0.3) is 15.9 Å². The van der Waals surface area contributed by atoms with Crippen molar-refractivity contribution in [3.63, 3.8) is 0 Å². The molecule has 2 aromatic rings. The van der Waals surface area contributed by atoms with Gasteiger partial charge in [0.05, 0.1) is 4.90 Å². The number of anilines is 1. The molecule has 2 aromatic carbocycles. The molecule has 0 bridgehead atoms. The summed E-state index contributed by atoms with van der Waals surface area (Å²) in [5, 5.41) is 2.20. The minimum absolute atomic E-state index is 0.0706. The first-order valence-electron chi connectivity index (χ1n) is 8.91. The fourth-order valence-electron chi connectivity index (χ4n) is 3.50. The molecule has 1 atom stereocenters. The molecule has 2 N–H and O–H groups in total. The molecule has 1 unspecified atom stereocenters. The third-order valence-corrected chi connectivity index (χ3v) is 6.36. The number of fused-ring (bicyclic) bond motifs is 1. The zero-order valence-electron chi connectivity index (χ0n) is 15.3. The number of hydrogen-bond acceptors (Lipinski definition) is 5. The van der Waals surface area contributed by atoms with Crippen molar-refractivity contribution in [3.05, 3.63) is 59.2 Å². The topological polar surface area (TPSA) is 113 Å². The van der Waals surface area contributed by atoms with Gasteiger partial charge in [-0.1, -0.05) is 0 Å². The third kappa shape index (κ3) is 3.52. The van der Waals surface area contributed by atoms with Crippen LogP contribution in [0.5, 0.6) is 0 Å². The van der Waals surface area contributed by atoms with Gasteiger partial charge >= 0.3 is 0 Å². The van der Waals surface area contributed by atoms with Crippen molar-refractivity contribution in [2.45, 2.75) is 30.3 Å². The summed E-state index contributed by atoms with van der Waals surface area (Å²) in [7, 11) is -4.19. The molecule has 1 fully saturated rings. The summed E-state index contributed by atoms with van der Waals surface area (Å²) in [6, 6.07) is 5.65. The largest absolute Gasteiger partial charge is 0.322 e. The molecule has 2 heterocycles. The van der Waals surface area contributed by atoms with Crippen LogP contribution >= 0.6 is 0 Å². The summed E-state index contributed by atoms with van der Waals surface area (Å²) in [5.74, 6) is -3.80. The number of nitrogens with one attached hydrogen (secondary N) is 2. The molecule has 3 amide bonds. The average molecular weight is 435 g/mol. The van der Waals surface area contributed by atoms with Crippen LogP contribution < -0.4 is 10.0 Å². The van der Waals surface area contributed by atoms with Crippen molar-refractivity contribution in [2.75, 3.05) is 4.72 Å². The molecule has 0 spiro atoms.